The zero-order chi connectivity index (χ0) is 6.91. The lowest BCUT2D eigenvalue weighted by Gasteiger charge is -2.05. The summed E-state index contributed by atoms with van der Waals surface area (Å²) in [6.07, 6.45) is 4.33. The Balaban J connectivity index is 2.25. The van der Waals surface area contributed by atoms with E-state index in [-0.39, 0.29) is 5.60 Å². The van der Waals surface area contributed by atoms with E-state index in [1.54, 1.807) is 0 Å². The molecular formula is C8H16O. The Labute approximate surface area is 57.1 Å². The fourth-order valence-electron chi connectivity index (χ4n) is 1.63. The summed E-state index contributed by atoms with van der Waals surface area (Å²) in [6.45, 7) is 4.28. The minimum Gasteiger partial charge on any atom is -0.390 e. The molecule has 9 heavy (non-hydrogen) atoms. The molecule has 0 amide bonds. The maximum absolute atomic E-state index is 9.59. The van der Waals surface area contributed by atoms with E-state index >= 15 is 0 Å². The number of aliphatic hydroxyl groups is 1. The van der Waals surface area contributed by atoms with Gasteiger partial charge in [-0.15, -0.1) is 0 Å². The monoisotopic (exact) mass is 128 g/mol. The summed E-state index contributed by atoms with van der Waals surface area (Å²) in [5.41, 5.74) is -0.233. The Morgan fingerprint density at radius 2 is 2.22 bits per heavy atom. The molecule has 0 heterocycles. The van der Waals surface area contributed by atoms with Gasteiger partial charge < -0.3 is 5.11 Å². The number of hydrogen-bond donors (Lipinski definition) is 1. The van der Waals surface area contributed by atoms with Crippen LogP contribution in [0.15, 0.2) is 0 Å². The van der Waals surface area contributed by atoms with Gasteiger partial charge in [-0.05, 0) is 18.8 Å². The highest BCUT2D eigenvalue weighted by Crippen LogP contribution is 2.48. The Morgan fingerprint density at radius 1 is 1.56 bits per heavy atom. The summed E-state index contributed by atoms with van der Waals surface area (Å²) in [5.74, 6) is 0.623. The van der Waals surface area contributed by atoms with Crippen LogP contribution in [0, 0.1) is 5.92 Å². The smallest absolute Gasteiger partial charge is 0.0680 e. The molecule has 1 saturated carbocycles. The predicted molar refractivity (Wildman–Crippen MR) is 38.3 cm³/mol. The van der Waals surface area contributed by atoms with Crippen LogP contribution in [-0.4, -0.2) is 10.7 Å². The highest BCUT2D eigenvalue weighted by molar-refractivity contribution is 5.01. The Hall–Kier alpha value is -0.0400. The fraction of sp³-hybridized carbons (Fsp3) is 1.00. The first kappa shape index (κ1) is 7.07. The van der Waals surface area contributed by atoms with Gasteiger partial charge in [-0.2, -0.15) is 0 Å². The summed E-state index contributed by atoms with van der Waals surface area (Å²) in [7, 11) is 0. The van der Waals surface area contributed by atoms with Crippen LogP contribution >= 0.6 is 0 Å². The first-order valence-electron chi connectivity index (χ1n) is 3.95. The fourth-order valence-corrected chi connectivity index (χ4v) is 1.63. The molecule has 0 aromatic rings. The van der Waals surface area contributed by atoms with Crippen molar-refractivity contribution in [2.24, 2.45) is 5.92 Å². The minimum absolute atomic E-state index is 0.233. The van der Waals surface area contributed by atoms with Crippen molar-refractivity contribution >= 4 is 0 Å². The van der Waals surface area contributed by atoms with Crippen LogP contribution in [0.4, 0.5) is 0 Å². The second kappa shape index (κ2) is 2.30. The maximum atomic E-state index is 9.59. The van der Waals surface area contributed by atoms with Gasteiger partial charge in [-0.25, -0.2) is 0 Å². The zero-order valence-corrected chi connectivity index (χ0v) is 6.35. The van der Waals surface area contributed by atoms with Crippen LogP contribution < -0.4 is 0 Å². The van der Waals surface area contributed by atoms with Gasteiger partial charge >= 0.3 is 0 Å². The molecule has 2 atom stereocenters. The lowest BCUT2D eigenvalue weighted by molar-refractivity contribution is 0.119. The van der Waals surface area contributed by atoms with Crippen molar-refractivity contribution in [3.8, 4) is 0 Å². The normalized spacial score (nSPS) is 41.0. The van der Waals surface area contributed by atoms with Crippen molar-refractivity contribution in [1.82, 2.24) is 0 Å². The summed E-state index contributed by atoms with van der Waals surface area (Å²) in [5, 5.41) is 9.59. The molecule has 1 fully saturated rings. The standard InChI is InChI=1S/C8H16O/c1-3-5-8(9)6-7(8)4-2/h7,9H,3-6H2,1-2H3. The second-order valence-corrected chi connectivity index (χ2v) is 3.16. The van der Waals surface area contributed by atoms with Crippen LogP contribution in [0.3, 0.4) is 0 Å². The van der Waals surface area contributed by atoms with E-state index in [0.29, 0.717) is 5.92 Å². The van der Waals surface area contributed by atoms with Crippen LogP contribution in [0.2, 0.25) is 0 Å². The molecule has 0 radical (unpaired) electrons. The lowest BCUT2D eigenvalue weighted by atomic mass is 10.1. The average Bonchev–Trinajstić information content (AvgIpc) is 2.43. The van der Waals surface area contributed by atoms with Crippen molar-refractivity contribution in [2.75, 3.05) is 0 Å². The topological polar surface area (TPSA) is 20.2 Å². The molecule has 0 aromatic carbocycles. The highest BCUT2D eigenvalue weighted by Gasteiger charge is 2.50. The predicted octanol–water partition coefficient (Wildman–Crippen LogP) is 1.95. The SMILES string of the molecule is CCCC1(O)CC1CC. The Morgan fingerprint density at radius 3 is 2.56 bits per heavy atom. The summed E-state index contributed by atoms with van der Waals surface area (Å²) in [6, 6.07) is 0. The molecule has 1 heteroatoms. The van der Waals surface area contributed by atoms with Crippen molar-refractivity contribution in [3.63, 3.8) is 0 Å². The molecule has 1 nitrogen and oxygen atoms in total. The quantitative estimate of drug-likeness (QED) is 0.616. The van der Waals surface area contributed by atoms with Gasteiger partial charge in [-0.1, -0.05) is 26.7 Å². The van der Waals surface area contributed by atoms with Crippen molar-refractivity contribution in [3.05, 3.63) is 0 Å². The van der Waals surface area contributed by atoms with E-state index in [2.05, 4.69) is 13.8 Å². The molecule has 0 aliphatic heterocycles. The molecule has 1 N–H and O–H groups in total. The molecule has 2 unspecified atom stereocenters. The van der Waals surface area contributed by atoms with Crippen molar-refractivity contribution in [1.29, 1.82) is 0 Å². The van der Waals surface area contributed by atoms with Gasteiger partial charge in [0, 0.05) is 0 Å². The molecule has 0 saturated heterocycles. The van der Waals surface area contributed by atoms with Gasteiger partial charge in [0.05, 0.1) is 5.60 Å². The van der Waals surface area contributed by atoms with Crippen LogP contribution in [-0.2, 0) is 0 Å². The molecular weight excluding hydrogens is 112 g/mol. The van der Waals surface area contributed by atoms with Gasteiger partial charge in [0.25, 0.3) is 0 Å². The summed E-state index contributed by atoms with van der Waals surface area (Å²) >= 11 is 0. The van der Waals surface area contributed by atoms with E-state index < -0.39 is 0 Å². The third-order valence-electron chi connectivity index (χ3n) is 2.38. The first-order valence-corrected chi connectivity index (χ1v) is 3.95. The number of rotatable bonds is 3. The van der Waals surface area contributed by atoms with Crippen LogP contribution in [0.1, 0.15) is 39.5 Å². The number of hydrogen-bond acceptors (Lipinski definition) is 1. The molecule has 0 bridgehead atoms. The molecule has 0 spiro atoms. The third kappa shape index (κ3) is 1.26. The average molecular weight is 128 g/mol. The second-order valence-electron chi connectivity index (χ2n) is 3.16. The van der Waals surface area contributed by atoms with E-state index in [1.165, 1.54) is 0 Å². The Kier molecular flexibility index (Phi) is 1.80. The molecule has 1 aliphatic rings. The first-order chi connectivity index (χ1) is 4.23. The molecule has 0 aromatic heterocycles. The largest absolute Gasteiger partial charge is 0.390 e. The van der Waals surface area contributed by atoms with E-state index in [0.717, 1.165) is 25.7 Å². The zero-order valence-electron chi connectivity index (χ0n) is 6.35. The maximum Gasteiger partial charge on any atom is 0.0680 e. The van der Waals surface area contributed by atoms with Gasteiger partial charge in [0.15, 0.2) is 0 Å². The van der Waals surface area contributed by atoms with Gasteiger partial charge in [0.2, 0.25) is 0 Å². The molecule has 1 rings (SSSR count). The van der Waals surface area contributed by atoms with E-state index in [1.807, 2.05) is 0 Å². The highest BCUT2D eigenvalue weighted by atomic mass is 16.3. The minimum atomic E-state index is -0.233. The molecule has 54 valence electrons. The van der Waals surface area contributed by atoms with E-state index in [4.69, 9.17) is 0 Å². The molecule has 1 aliphatic carbocycles. The van der Waals surface area contributed by atoms with Crippen LogP contribution in [0.5, 0.6) is 0 Å². The van der Waals surface area contributed by atoms with Gasteiger partial charge in [-0.3, -0.25) is 0 Å². The Bertz CT molecular complexity index is 101. The summed E-state index contributed by atoms with van der Waals surface area (Å²) < 4.78 is 0. The van der Waals surface area contributed by atoms with Gasteiger partial charge in [0.1, 0.15) is 0 Å². The van der Waals surface area contributed by atoms with Crippen LogP contribution in [0.25, 0.3) is 0 Å². The third-order valence-corrected chi connectivity index (χ3v) is 2.38. The van der Waals surface area contributed by atoms with Crippen molar-refractivity contribution < 1.29 is 5.11 Å². The summed E-state index contributed by atoms with van der Waals surface area (Å²) in [4.78, 5) is 0. The lowest BCUT2D eigenvalue weighted by Crippen LogP contribution is -2.09. The van der Waals surface area contributed by atoms with E-state index in [9.17, 15) is 5.11 Å². The van der Waals surface area contributed by atoms with Crippen molar-refractivity contribution in [2.45, 2.75) is 45.1 Å².